The number of carbonyl (C=O) groups excluding carboxylic acids is 1. The first-order valence-electron chi connectivity index (χ1n) is 9.18. The largest absolute Gasteiger partial charge is 0.493 e. The van der Waals surface area contributed by atoms with Gasteiger partial charge in [0.15, 0.2) is 17.3 Å². The van der Waals surface area contributed by atoms with Crippen LogP contribution in [0.2, 0.25) is 0 Å². The van der Waals surface area contributed by atoms with E-state index in [2.05, 4.69) is 5.10 Å². The lowest BCUT2D eigenvalue weighted by atomic mass is 10.1. The summed E-state index contributed by atoms with van der Waals surface area (Å²) in [5.74, 6) is 1.20. The summed E-state index contributed by atoms with van der Waals surface area (Å²) in [5, 5.41) is 4.21. The van der Waals surface area contributed by atoms with Crippen LogP contribution in [0.4, 0.5) is 0 Å². The van der Waals surface area contributed by atoms with E-state index in [9.17, 15) is 4.79 Å². The van der Waals surface area contributed by atoms with Crippen molar-refractivity contribution in [3.05, 3.63) is 83.7 Å². The minimum atomic E-state index is -0.0885. The van der Waals surface area contributed by atoms with Crippen molar-refractivity contribution >= 4 is 11.9 Å². The average Bonchev–Trinajstić information content (AvgIpc) is 3.22. The molecule has 1 aromatic heterocycles. The maximum atomic E-state index is 12.4. The molecule has 144 valence electrons. The maximum absolute atomic E-state index is 12.4. The van der Waals surface area contributed by atoms with Crippen molar-refractivity contribution in [2.75, 3.05) is 7.11 Å². The van der Waals surface area contributed by atoms with Gasteiger partial charge in [0.1, 0.15) is 6.61 Å². The monoisotopic (exact) mass is 376 g/mol. The quantitative estimate of drug-likeness (QED) is 0.412. The standard InChI is InChI=1S/C23H24N2O3/c1-17(2)25-15-20(14-24-25)21(26)11-9-18-10-12-22(27-3)23(13-18)28-16-19-7-5-4-6-8-19/h4-15,17H,16H2,1-3H3. The summed E-state index contributed by atoms with van der Waals surface area (Å²) in [6, 6.07) is 15.7. The topological polar surface area (TPSA) is 53.3 Å². The van der Waals surface area contributed by atoms with Crippen LogP contribution in [0.1, 0.15) is 41.4 Å². The Morgan fingerprint density at radius 1 is 1.14 bits per heavy atom. The van der Waals surface area contributed by atoms with Crippen LogP contribution in [0.15, 0.2) is 67.0 Å². The average molecular weight is 376 g/mol. The molecule has 0 fully saturated rings. The van der Waals surface area contributed by atoms with E-state index >= 15 is 0 Å². The van der Waals surface area contributed by atoms with Crippen LogP contribution < -0.4 is 9.47 Å². The Hall–Kier alpha value is -3.34. The minimum Gasteiger partial charge on any atom is -0.493 e. The first kappa shape index (κ1) is 19.4. The fourth-order valence-corrected chi connectivity index (χ4v) is 2.66. The van der Waals surface area contributed by atoms with Gasteiger partial charge in [-0.1, -0.05) is 42.5 Å². The van der Waals surface area contributed by atoms with E-state index in [1.165, 1.54) is 0 Å². The number of allylic oxidation sites excluding steroid dienone is 1. The maximum Gasteiger partial charge on any atom is 0.189 e. The fraction of sp³-hybridized carbons (Fsp3) is 0.217. The molecule has 3 rings (SSSR count). The highest BCUT2D eigenvalue weighted by Crippen LogP contribution is 2.29. The Labute approximate surface area is 165 Å². The molecule has 0 unspecified atom stereocenters. The van der Waals surface area contributed by atoms with Crippen LogP contribution in [-0.2, 0) is 6.61 Å². The number of ether oxygens (including phenoxy) is 2. The first-order valence-corrected chi connectivity index (χ1v) is 9.18. The van der Waals surface area contributed by atoms with Gasteiger partial charge in [0.2, 0.25) is 0 Å². The van der Waals surface area contributed by atoms with Gasteiger partial charge in [0, 0.05) is 12.2 Å². The zero-order valence-corrected chi connectivity index (χ0v) is 16.3. The Morgan fingerprint density at radius 2 is 1.93 bits per heavy atom. The van der Waals surface area contributed by atoms with Gasteiger partial charge in [-0.25, -0.2) is 0 Å². The molecule has 5 nitrogen and oxygen atoms in total. The highest BCUT2D eigenvalue weighted by Gasteiger charge is 2.08. The number of ketones is 1. The van der Waals surface area contributed by atoms with E-state index in [4.69, 9.17) is 9.47 Å². The summed E-state index contributed by atoms with van der Waals surface area (Å²) in [6.07, 6.45) is 6.67. The molecule has 0 aliphatic rings. The third-order valence-electron chi connectivity index (χ3n) is 4.27. The van der Waals surface area contributed by atoms with E-state index in [1.807, 2.05) is 62.4 Å². The predicted octanol–water partition coefficient (Wildman–Crippen LogP) is 4.95. The van der Waals surface area contributed by atoms with Gasteiger partial charge in [0.05, 0.1) is 18.9 Å². The number of hydrogen-bond acceptors (Lipinski definition) is 4. The van der Waals surface area contributed by atoms with Crippen molar-refractivity contribution in [2.45, 2.75) is 26.5 Å². The Kier molecular flexibility index (Phi) is 6.27. The second-order valence-corrected chi connectivity index (χ2v) is 6.68. The van der Waals surface area contributed by atoms with Gasteiger partial charge in [-0.15, -0.1) is 0 Å². The van der Waals surface area contributed by atoms with E-state index in [0.29, 0.717) is 23.7 Å². The summed E-state index contributed by atoms with van der Waals surface area (Å²) in [4.78, 5) is 12.4. The van der Waals surface area contributed by atoms with Crippen molar-refractivity contribution in [3.8, 4) is 11.5 Å². The molecule has 0 saturated carbocycles. The van der Waals surface area contributed by atoms with Crippen LogP contribution in [0, 0.1) is 0 Å². The van der Waals surface area contributed by atoms with E-state index in [0.717, 1.165) is 11.1 Å². The van der Waals surface area contributed by atoms with Crippen molar-refractivity contribution < 1.29 is 14.3 Å². The van der Waals surface area contributed by atoms with Gasteiger partial charge < -0.3 is 9.47 Å². The predicted molar refractivity (Wildman–Crippen MR) is 110 cm³/mol. The number of hydrogen-bond donors (Lipinski definition) is 0. The molecule has 0 bridgehead atoms. The van der Waals surface area contributed by atoms with Crippen molar-refractivity contribution in [2.24, 2.45) is 0 Å². The number of methoxy groups -OCH3 is 1. The summed E-state index contributed by atoms with van der Waals surface area (Å²) < 4.78 is 13.1. The van der Waals surface area contributed by atoms with Gasteiger partial charge in [0.25, 0.3) is 0 Å². The number of carbonyl (C=O) groups is 1. The Bertz CT molecular complexity index is 959. The first-order chi connectivity index (χ1) is 13.6. The van der Waals surface area contributed by atoms with Crippen LogP contribution in [-0.4, -0.2) is 22.7 Å². The third kappa shape index (κ3) is 4.88. The highest BCUT2D eigenvalue weighted by atomic mass is 16.5. The molecule has 0 atom stereocenters. The molecule has 1 heterocycles. The molecule has 28 heavy (non-hydrogen) atoms. The highest BCUT2D eigenvalue weighted by molar-refractivity contribution is 6.06. The molecule has 2 aromatic carbocycles. The van der Waals surface area contributed by atoms with Crippen molar-refractivity contribution in [1.29, 1.82) is 0 Å². The fourth-order valence-electron chi connectivity index (χ4n) is 2.66. The van der Waals surface area contributed by atoms with Crippen LogP contribution >= 0.6 is 0 Å². The van der Waals surface area contributed by atoms with E-state index in [-0.39, 0.29) is 11.8 Å². The van der Waals surface area contributed by atoms with E-state index in [1.54, 1.807) is 36.3 Å². The van der Waals surface area contributed by atoms with Gasteiger partial charge in [-0.05, 0) is 43.2 Å². The van der Waals surface area contributed by atoms with Crippen LogP contribution in [0.3, 0.4) is 0 Å². The zero-order chi connectivity index (χ0) is 19.9. The van der Waals surface area contributed by atoms with Crippen molar-refractivity contribution in [1.82, 2.24) is 9.78 Å². The summed E-state index contributed by atoms with van der Waals surface area (Å²) in [7, 11) is 1.61. The molecule has 0 aliphatic heterocycles. The normalized spacial score (nSPS) is 11.1. The van der Waals surface area contributed by atoms with E-state index < -0.39 is 0 Å². The molecular formula is C23H24N2O3. The van der Waals surface area contributed by atoms with Crippen molar-refractivity contribution in [3.63, 3.8) is 0 Å². The number of aromatic nitrogens is 2. The molecule has 0 spiro atoms. The van der Waals surface area contributed by atoms with Gasteiger partial charge in [-0.3, -0.25) is 9.48 Å². The zero-order valence-electron chi connectivity index (χ0n) is 16.3. The lowest BCUT2D eigenvalue weighted by molar-refractivity contribution is 0.104. The summed E-state index contributed by atoms with van der Waals surface area (Å²) in [5.41, 5.74) is 2.50. The third-order valence-corrected chi connectivity index (χ3v) is 4.27. The molecule has 3 aromatic rings. The minimum absolute atomic E-state index is 0.0885. The van der Waals surface area contributed by atoms with Gasteiger partial charge in [-0.2, -0.15) is 5.10 Å². The summed E-state index contributed by atoms with van der Waals surface area (Å²) in [6.45, 7) is 4.48. The lowest BCUT2D eigenvalue weighted by Crippen LogP contribution is -2.00. The molecule has 5 heteroatoms. The van der Waals surface area contributed by atoms with Crippen LogP contribution in [0.25, 0.3) is 6.08 Å². The van der Waals surface area contributed by atoms with Crippen LogP contribution in [0.5, 0.6) is 11.5 Å². The SMILES string of the molecule is COc1ccc(C=CC(=O)c2cnn(C(C)C)c2)cc1OCc1ccccc1. The Morgan fingerprint density at radius 3 is 2.61 bits per heavy atom. The second kappa shape index (κ2) is 9.04. The molecule has 0 saturated heterocycles. The number of nitrogens with zero attached hydrogens (tertiary/aromatic N) is 2. The molecule has 0 N–H and O–H groups in total. The molecule has 0 aliphatic carbocycles. The van der Waals surface area contributed by atoms with Gasteiger partial charge >= 0.3 is 0 Å². The number of rotatable bonds is 8. The summed E-state index contributed by atoms with van der Waals surface area (Å²) >= 11 is 0. The smallest absolute Gasteiger partial charge is 0.189 e. The lowest BCUT2D eigenvalue weighted by Gasteiger charge is -2.11. The molecule has 0 radical (unpaired) electrons. The second-order valence-electron chi connectivity index (χ2n) is 6.68. The Balaban J connectivity index is 1.72. The number of benzene rings is 2. The molecular weight excluding hydrogens is 352 g/mol. The molecule has 0 amide bonds.